The summed E-state index contributed by atoms with van der Waals surface area (Å²) < 4.78 is 9.83. The number of hydrogen-bond donors (Lipinski definition) is 0. The van der Waals surface area contributed by atoms with Crippen molar-refractivity contribution in [1.82, 2.24) is 0 Å². The van der Waals surface area contributed by atoms with Crippen LogP contribution in [0, 0.1) is 0 Å². The van der Waals surface area contributed by atoms with Crippen LogP contribution < -0.4 is 0 Å². The molecule has 3 nitrogen and oxygen atoms in total. The molecule has 2 atom stereocenters. The molecule has 0 aromatic rings. The van der Waals surface area contributed by atoms with Gasteiger partial charge in [-0.05, 0) is 13.8 Å². The number of hydrogen-bond acceptors (Lipinski definition) is 3. The van der Waals surface area contributed by atoms with Crippen LogP contribution in [0.5, 0.6) is 0 Å². The van der Waals surface area contributed by atoms with Crippen LogP contribution in [0.4, 0.5) is 0 Å². The second kappa shape index (κ2) is 2.42. The first-order valence-corrected chi connectivity index (χ1v) is 3.16. The lowest BCUT2D eigenvalue weighted by Crippen LogP contribution is -2.33. The Bertz CT molecular complexity index is 174. The van der Waals surface area contributed by atoms with Crippen LogP contribution in [-0.4, -0.2) is 18.4 Å². The quantitative estimate of drug-likeness (QED) is 0.371. The van der Waals surface area contributed by atoms with E-state index in [4.69, 9.17) is 9.47 Å². The molecule has 0 aliphatic carbocycles. The number of ether oxygens (including phenoxy) is 2. The lowest BCUT2D eigenvalue weighted by Gasteiger charge is -2.26. The zero-order chi connectivity index (χ0) is 7.72. The highest BCUT2D eigenvalue weighted by Gasteiger charge is 2.26. The summed E-state index contributed by atoms with van der Waals surface area (Å²) >= 11 is 0. The number of esters is 1. The molecule has 0 radical (unpaired) electrons. The van der Waals surface area contributed by atoms with Gasteiger partial charge < -0.3 is 9.47 Å². The van der Waals surface area contributed by atoms with Crippen LogP contribution in [0.15, 0.2) is 12.2 Å². The molecule has 0 amide bonds. The summed E-state index contributed by atoms with van der Waals surface area (Å²) in [4.78, 5) is 10.8. The number of cyclic esters (lactones) is 1. The Labute approximate surface area is 59.6 Å². The molecule has 0 spiro atoms. The van der Waals surface area contributed by atoms with Gasteiger partial charge in [0.1, 0.15) is 0 Å². The minimum absolute atomic E-state index is 0.212. The van der Waals surface area contributed by atoms with E-state index in [0.29, 0.717) is 5.57 Å². The molecule has 1 fully saturated rings. The van der Waals surface area contributed by atoms with Crippen molar-refractivity contribution in [2.24, 2.45) is 0 Å². The highest BCUT2D eigenvalue weighted by Crippen LogP contribution is 2.16. The maximum atomic E-state index is 10.8. The molecule has 0 saturated carbocycles. The van der Waals surface area contributed by atoms with Gasteiger partial charge in [-0.25, -0.2) is 4.79 Å². The Balaban J connectivity index is 2.66. The summed E-state index contributed by atoms with van der Waals surface area (Å²) in [5.74, 6) is -0.355. The fourth-order valence-electron chi connectivity index (χ4n) is 0.790. The van der Waals surface area contributed by atoms with E-state index in [1.807, 2.05) is 0 Å². The van der Waals surface area contributed by atoms with E-state index < -0.39 is 6.29 Å². The molecule has 0 unspecified atom stereocenters. The molecule has 0 bridgehead atoms. The van der Waals surface area contributed by atoms with Gasteiger partial charge in [0.2, 0.25) is 6.29 Å². The molecular weight excluding hydrogens is 132 g/mol. The smallest absolute Gasteiger partial charge is 0.338 e. The van der Waals surface area contributed by atoms with Crippen molar-refractivity contribution in [3.63, 3.8) is 0 Å². The number of carbonyl (C=O) groups is 1. The predicted molar refractivity (Wildman–Crippen MR) is 35.2 cm³/mol. The first-order chi connectivity index (χ1) is 4.61. The van der Waals surface area contributed by atoms with Crippen molar-refractivity contribution in [3.05, 3.63) is 12.2 Å². The van der Waals surface area contributed by atoms with Crippen LogP contribution >= 0.6 is 0 Å². The van der Waals surface area contributed by atoms with Crippen LogP contribution in [0.25, 0.3) is 0 Å². The molecule has 0 aromatic carbocycles. The van der Waals surface area contributed by atoms with Gasteiger partial charge in [-0.1, -0.05) is 6.58 Å². The predicted octanol–water partition coefficient (Wildman–Crippen LogP) is 0.850. The summed E-state index contributed by atoms with van der Waals surface area (Å²) in [7, 11) is 0. The highest BCUT2D eigenvalue weighted by atomic mass is 16.7. The minimum atomic E-state index is -0.437. The van der Waals surface area contributed by atoms with Gasteiger partial charge >= 0.3 is 5.97 Å². The van der Waals surface area contributed by atoms with E-state index in [1.165, 1.54) is 0 Å². The maximum absolute atomic E-state index is 10.8. The Kier molecular flexibility index (Phi) is 1.76. The second-order valence-corrected chi connectivity index (χ2v) is 2.28. The molecule has 0 N–H and O–H groups in total. The highest BCUT2D eigenvalue weighted by molar-refractivity contribution is 5.89. The van der Waals surface area contributed by atoms with Crippen LogP contribution in [0.2, 0.25) is 0 Å². The molecular formula is C7H10O3. The SMILES string of the molecule is C=C1C(=O)O[C@@H](C)O[C@H]1C. The maximum Gasteiger partial charge on any atom is 0.338 e. The molecule has 3 heteroatoms. The lowest BCUT2D eigenvalue weighted by atomic mass is 10.2. The molecule has 1 aliphatic heterocycles. The van der Waals surface area contributed by atoms with Crippen molar-refractivity contribution in [1.29, 1.82) is 0 Å². The Morgan fingerprint density at radius 2 is 2.10 bits per heavy atom. The molecule has 0 aromatic heterocycles. The molecule has 1 saturated heterocycles. The third kappa shape index (κ3) is 1.19. The average Bonchev–Trinajstić information content (AvgIpc) is 1.82. The normalized spacial score (nSPS) is 33.8. The Hall–Kier alpha value is -0.830. The van der Waals surface area contributed by atoms with Crippen LogP contribution in [0.1, 0.15) is 13.8 Å². The fraction of sp³-hybridized carbons (Fsp3) is 0.571. The summed E-state index contributed by atoms with van der Waals surface area (Å²) in [6.07, 6.45) is -0.649. The molecule has 56 valence electrons. The van der Waals surface area contributed by atoms with Crippen molar-refractivity contribution in [2.45, 2.75) is 26.2 Å². The van der Waals surface area contributed by atoms with Crippen molar-refractivity contribution < 1.29 is 14.3 Å². The van der Waals surface area contributed by atoms with Crippen molar-refractivity contribution >= 4 is 5.97 Å². The summed E-state index contributed by atoms with van der Waals surface area (Å²) in [6.45, 7) is 6.97. The van der Waals surface area contributed by atoms with Crippen LogP contribution in [-0.2, 0) is 14.3 Å². The fourth-order valence-corrected chi connectivity index (χ4v) is 0.790. The molecule has 10 heavy (non-hydrogen) atoms. The largest absolute Gasteiger partial charge is 0.433 e. The van der Waals surface area contributed by atoms with E-state index in [0.717, 1.165) is 0 Å². The van der Waals surface area contributed by atoms with Gasteiger partial charge in [0.15, 0.2) is 0 Å². The lowest BCUT2D eigenvalue weighted by molar-refractivity contribution is -0.192. The molecule has 1 aliphatic rings. The van der Waals surface area contributed by atoms with E-state index in [2.05, 4.69) is 6.58 Å². The Morgan fingerprint density at radius 3 is 2.60 bits per heavy atom. The summed E-state index contributed by atoms with van der Waals surface area (Å²) in [5, 5.41) is 0. The van der Waals surface area contributed by atoms with E-state index >= 15 is 0 Å². The zero-order valence-corrected chi connectivity index (χ0v) is 6.09. The first-order valence-electron chi connectivity index (χ1n) is 3.16. The van der Waals surface area contributed by atoms with Gasteiger partial charge in [0.05, 0.1) is 11.7 Å². The summed E-state index contributed by atoms with van der Waals surface area (Å²) in [5.41, 5.74) is 0.387. The van der Waals surface area contributed by atoms with Gasteiger partial charge in [0, 0.05) is 0 Å². The second-order valence-electron chi connectivity index (χ2n) is 2.28. The monoisotopic (exact) mass is 142 g/mol. The van der Waals surface area contributed by atoms with Gasteiger partial charge in [0.25, 0.3) is 0 Å². The Morgan fingerprint density at radius 1 is 1.50 bits per heavy atom. The molecule has 1 rings (SSSR count). The number of rotatable bonds is 0. The topological polar surface area (TPSA) is 35.5 Å². The zero-order valence-electron chi connectivity index (χ0n) is 6.09. The minimum Gasteiger partial charge on any atom is -0.433 e. The van der Waals surface area contributed by atoms with Crippen LogP contribution in [0.3, 0.4) is 0 Å². The van der Waals surface area contributed by atoms with Gasteiger partial charge in [-0.3, -0.25) is 0 Å². The third-order valence-electron chi connectivity index (χ3n) is 1.42. The van der Waals surface area contributed by atoms with Crippen molar-refractivity contribution in [2.75, 3.05) is 0 Å². The van der Waals surface area contributed by atoms with Gasteiger partial charge in [-0.2, -0.15) is 0 Å². The standard InChI is InChI=1S/C7H10O3/c1-4-5(2)9-6(3)10-7(4)8/h5-6H,1H2,2-3H3/t5-,6-/m0/s1. The molecule has 1 heterocycles. The van der Waals surface area contributed by atoms with E-state index in [9.17, 15) is 4.79 Å². The average molecular weight is 142 g/mol. The third-order valence-corrected chi connectivity index (χ3v) is 1.42. The van der Waals surface area contributed by atoms with Crippen molar-refractivity contribution in [3.8, 4) is 0 Å². The van der Waals surface area contributed by atoms with Gasteiger partial charge in [-0.15, -0.1) is 0 Å². The first kappa shape index (κ1) is 7.28. The summed E-state index contributed by atoms with van der Waals surface area (Å²) in [6, 6.07) is 0. The number of carbonyl (C=O) groups excluding carboxylic acids is 1. The van der Waals surface area contributed by atoms with E-state index in [1.54, 1.807) is 13.8 Å². The van der Waals surface area contributed by atoms with E-state index in [-0.39, 0.29) is 12.1 Å².